The normalized spacial score (nSPS) is 14.9. The van der Waals surface area contributed by atoms with Crippen LogP contribution >= 0.6 is 0 Å². The van der Waals surface area contributed by atoms with Crippen molar-refractivity contribution in [1.29, 1.82) is 0 Å². The molecule has 0 aliphatic rings. The Kier molecular flexibility index (Phi) is 6.46. The molecule has 1 N–H and O–H groups in total. The fraction of sp³-hybridized carbons (Fsp3) is 1.00. The largest absolute Gasteiger partial charge is 0.287 e. The summed E-state index contributed by atoms with van der Waals surface area (Å²) in [5.41, 5.74) is 0. The van der Waals surface area contributed by atoms with E-state index in [9.17, 15) is 16.8 Å². The van der Waals surface area contributed by atoms with Crippen LogP contribution in [0.15, 0.2) is 0 Å². The molecule has 0 amide bonds. The van der Waals surface area contributed by atoms with E-state index < -0.39 is 24.8 Å². The van der Waals surface area contributed by atoms with Gasteiger partial charge in [-0.15, -0.1) is 0 Å². The molecule has 0 spiro atoms. The Labute approximate surface area is 96.9 Å². The van der Waals surface area contributed by atoms with Crippen LogP contribution < -0.4 is 0 Å². The summed E-state index contributed by atoms with van der Waals surface area (Å²) in [7, 11) is -8.89. The van der Waals surface area contributed by atoms with Crippen LogP contribution in [0.4, 0.5) is 0 Å². The van der Waals surface area contributed by atoms with Crippen LogP contribution in [0.5, 0.6) is 0 Å². The third-order valence-electron chi connectivity index (χ3n) is 1.98. The van der Waals surface area contributed by atoms with Crippen LogP contribution in [-0.4, -0.2) is 32.6 Å². The van der Waals surface area contributed by atoms with Gasteiger partial charge in [0.05, 0.1) is 6.61 Å². The van der Waals surface area contributed by atoms with Gasteiger partial charge >= 0.3 is 0 Å². The summed E-state index contributed by atoms with van der Waals surface area (Å²) in [6.45, 7) is 3.19. The molecule has 0 bridgehead atoms. The average Bonchev–Trinajstić information content (AvgIpc) is 2.09. The molecule has 1 atom stereocenters. The van der Waals surface area contributed by atoms with Crippen molar-refractivity contribution in [2.75, 3.05) is 6.61 Å². The topological polar surface area (TPSA) is 97.7 Å². The Hall–Kier alpha value is -0.180. The van der Waals surface area contributed by atoms with Gasteiger partial charge in [-0.2, -0.15) is 16.8 Å². The number of rotatable bonds is 8. The van der Waals surface area contributed by atoms with E-state index in [2.05, 4.69) is 4.18 Å². The molecule has 0 rings (SSSR count). The first kappa shape index (κ1) is 15.8. The van der Waals surface area contributed by atoms with Gasteiger partial charge in [-0.3, -0.25) is 8.74 Å². The summed E-state index contributed by atoms with van der Waals surface area (Å²) in [5.74, 6) is 0. The molecular weight excluding hydrogens is 256 g/mol. The minimum atomic E-state index is -4.64. The molecule has 0 aromatic rings. The van der Waals surface area contributed by atoms with Crippen molar-refractivity contribution in [3.8, 4) is 0 Å². The lowest BCUT2D eigenvalue weighted by Gasteiger charge is -2.13. The first-order valence-electron chi connectivity index (χ1n) is 5.10. The van der Waals surface area contributed by atoms with Crippen LogP contribution in [0.1, 0.15) is 39.5 Å². The molecule has 0 aromatic heterocycles. The van der Waals surface area contributed by atoms with Crippen LogP contribution in [-0.2, 0) is 24.4 Å². The lowest BCUT2D eigenvalue weighted by molar-refractivity contribution is 0.332. The van der Waals surface area contributed by atoms with Crippen LogP contribution in [0.3, 0.4) is 0 Å². The van der Waals surface area contributed by atoms with Gasteiger partial charge in [0.15, 0.2) is 0 Å². The van der Waals surface area contributed by atoms with E-state index in [-0.39, 0.29) is 13.0 Å². The van der Waals surface area contributed by atoms with Gasteiger partial charge in [0.2, 0.25) is 4.58 Å². The maximum absolute atomic E-state index is 11.4. The maximum atomic E-state index is 11.4. The Balaban J connectivity index is 4.83. The molecule has 0 radical (unpaired) electrons. The van der Waals surface area contributed by atoms with E-state index in [1.807, 2.05) is 6.92 Å². The van der Waals surface area contributed by atoms with E-state index in [0.717, 1.165) is 6.42 Å². The molecule has 16 heavy (non-hydrogen) atoms. The lowest BCUT2D eigenvalue weighted by Crippen LogP contribution is -2.31. The van der Waals surface area contributed by atoms with Crippen LogP contribution in [0.25, 0.3) is 0 Å². The minimum absolute atomic E-state index is 0.144. The Morgan fingerprint density at radius 3 is 2.06 bits per heavy atom. The van der Waals surface area contributed by atoms with Crippen molar-refractivity contribution in [1.82, 2.24) is 0 Å². The highest BCUT2D eigenvalue weighted by Crippen LogP contribution is 2.18. The first-order chi connectivity index (χ1) is 7.25. The summed E-state index contributed by atoms with van der Waals surface area (Å²) in [6.07, 6.45) is 1.79. The van der Waals surface area contributed by atoms with Gasteiger partial charge in [-0.05, 0) is 13.3 Å². The van der Waals surface area contributed by atoms with Gasteiger partial charge < -0.3 is 0 Å². The van der Waals surface area contributed by atoms with Crippen LogP contribution in [0.2, 0.25) is 0 Å². The van der Waals surface area contributed by atoms with Crippen molar-refractivity contribution in [3.05, 3.63) is 0 Å². The first-order valence-corrected chi connectivity index (χ1v) is 8.07. The predicted molar refractivity (Wildman–Crippen MR) is 60.0 cm³/mol. The van der Waals surface area contributed by atoms with Crippen molar-refractivity contribution in [2.24, 2.45) is 0 Å². The SMILES string of the molecule is CCCCCC(S(=O)(=O)O)S(=O)(=O)OCC. The summed E-state index contributed by atoms with van der Waals surface area (Å²) < 4.78 is 56.1. The third-order valence-corrected chi connectivity index (χ3v) is 5.76. The molecule has 0 saturated heterocycles. The number of unbranched alkanes of at least 4 members (excludes halogenated alkanes) is 2. The molecule has 0 heterocycles. The smallest absolute Gasteiger partial charge is 0.284 e. The highest BCUT2D eigenvalue weighted by molar-refractivity contribution is 8.04. The molecule has 0 aromatic carbocycles. The molecule has 0 saturated carbocycles. The molecule has 6 nitrogen and oxygen atoms in total. The van der Waals surface area contributed by atoms with Crippen molar-refractivity contribution in [3.63, 3.8) is 0 Å². The molecule has 0 aliphatic heterocycles. The Morgan fingerprint density at radius 2 is 1.69 bits per heavy atom. The zero-order chi connectivity index (χ0) is 12.8. The summed E-state index contributed by atoms with van der Waals surface area (Å²) in [6, 6.07) is 0. The average molecular weight is 274 g/mol. The zero-order valence-electron chi connectivity index (χ0n) is 9.42. The second-order valence-corrected chi connectivity index (χ2v) is 7.03. The fourth-order valence-electron chi connectivity index (χ4n) is 1.24. The molecule has 0 aliphatic carbocycles. The quantitative estimate of drug-likeness (QED) is 0.405. The maximum Gasteiger partial charge on any atom is 0.287 e. The van der Waals surface area contributed by atoms with E-state index in [0.29, 0.717) is 12.8 Å². The molecule has 1 unspecified atom stereocenters. The number of hydrogen-bond acceptors (Lipinski definition) is 5. The van der Waals surface area contributed by atoms with E-state index in [4.69, 9.17) is 4.55 Å². The standard InChI is InChI=1S/C8H18O6S2/c1-3-5-6-7-8(15(9,10)11)16(12,13)14-4-2/h8H,3-7H2,1-2H3,(H,9,10,11). The third kappa shape index (κ3) is 5.24. The van der Waals surface area contributed by atoms with Gasteiger partial charge in [0.1, 0.15) is 0 Å². The van der Waals surface area contributed by atoms with Gasteiger partial charge in [-0.25, -0.2) is 0 Å². The molecule has 0 fully saturated rings. The van der Waals surface area contributed by atoms with Crippen molar-refractivity contribution in [2.45, 2.75) is 44.1 Å². The summed E-state index contributed by atoms with van der Waals surface area (Å²) >= 11 is 0. The van der Waals surface area contributed by atoms with Gasteiger partial charge in [0, 0.05) is 0 Å². The Bertz CT molecular complexity index is 383. The highest BCUT2D eigenvalue weighted by atomic mass is 32.3. The molecule has 98 valence electrons. The minimum Gasteiger partial charge on any atom is -0.284 e. The van der Waals surface area contributed by atoms with E-state index in [1.165, 1.54) is 6.92 Å². The fourth-order valence-corrected chi connectivity index (χ4v) is 4.00. The predicted octanol–water partition coefficient (Wildman–Crippen LogP) is 1.15. The zero-order valence-corrected chi connectivity index (χ0v) is 11.1. The monoisotopic (exact) mass is 274 g/mol. The lowest BCUT2D eigenvalue weighted by atomic mass is 10.2. The van der Waals surface area contributed by atoms with Crippen molar-refractivity contribution < 1.29 is 25.6 Å². The summed E-state index contributed by atoms with van der Waals surface area (Å²) in [4.78, 5) is 0. The molecule has 8 heteroatoms. The Morgan fingerprint density at radius 1 is 1.12 bits per heavy atom. The second-order valence-electron chi connectivity index (χ2n) is 3.34. The van der Waals surface area contributed by atoms with Gasteiger partial charge in [-0.1, -0.05) is 26.2 Å². The van der Waals surface area contributed by atoms with E-state index >= 15 is 0 Å². The second kappa shape index (κ2) is 6.53. The summed E-state index contributed by atoms with van der Waals surface area (Å²) in [5, 5.41) is 0. The number of hydrogen-bond donors (Lipinski definition) is 1. The van der Waals surface area contributed by atoms with E-state index in [1.54, 1.807) is 0 Å². The highest BCUT2D eigenvalue weighted by Gasteiger charge is 2.36. The molecular formula is C8H18O6S2. The van der Waals surface area contributed by atoms with Gasteiger partial charge in [0.25, 0.3) is 20.2 Å². The van der Waals surface area contributed by atoms with Crippen LogP contribution in [0, 0.1) is 0 Å². The van der Waals surface area contributed by atoms with Crippen molar-refractivity contribution >= 4 is 20.2 Å².